The number of rotatable bonds is 2. The summed E-state index contributed by atoms with van der Waals surface area (Å²) in [7, 11) is 0. The third-order valence-corrected chi connectivity index (χ3v) is 3.20. The molecule has 0 amide bonds. The quantitative estimate of drug-likeness (QED) is 0.890. The smallest absolute Gasteiger partial charge is 0.313 e. The van der Waals surface area contributed by atoms with E-state index >= 15 is 0 Å². The monoisotopic (exact) mass is 266 g/mol. The predicted molar refractivity (Wildman–Crippen MR) is 62.9 cm³/mol. The van der Waals surface area contributed by atoms with Gasteiger partial charge < -0.3 is 5.73 Å². The van der Waals surface area contributed by atoms with E-state index in [1.807, 2.05) is 20.8 Å². The number of hydrogen-bond acceptors (Lipinski definition) is 3. The zero-order chi connectivity index (χ0) is 13.5. The summed E-state index contributed by atoms with van der Waals surface area (Å²) in [4.78, 5) is 4.01. The van der Waals surface area contributed by atoms with E-state index in [-0.39, 0.29) is 11.1 Å². The fraction of sp³-hybridized carbons (Fsp3) is 0.727. The van der Waals surface area contributed by atoms with Crippen LogP contribution in [0.3, 0.4) is 0 Å². The van der Waals surface area contributed by atoms with Gasteiger partial charge in [0.2, 0.25) is 0 Å². The van der Waals surface area contributed by atoms with Crippen LogP contribution in [0.5, 0.6) is 0 Å². The maximum Gasteiger partial charge on any atom is 0.411 e. The molecule has 0 aliphatic rings. The molecule has 1 aromatic rings. The van der Waals surface area contributed by atoms with Crippen LogP contribution in [0.15, 0.2) is 5.38 Å². The topological polar surface area (TPSA) is 38.9 Å². The lowest BCUT2D eigenvalue weighted by molar-refractivity contribution is -0.185. The molecular weight excluding hydrogens is 249 g/mol. The first kappa shape index (κ1) is 14.4. The highest BCUT2D eigenvalue weighted by molar-refractivity contribution is 7.09. The number of thiazole rings is 1. The fourth-order valence-electron chi connectivity index (χ4n) is 1.23. The summed E-state index contributed by atoms with van der Waals surface area (Å²) >= 11 is 1.23. The third kappa shape index (κ3) is 3.42. The van der Waals surface area contributed by atoms with Crippen LogP contribution < -0.4 is 5.73 Å². The summed E-state index contributed by atoms with van der Waals surface area (Å²) in [5.41, 5.74) is 2.83. The zero-order valence-corrected chi connectivity index (χ0v) is 11.2. The van der Waals surface area contributed by atoms with Crippen LogP contribution in [0.25, 0.3) is 0 Å². The van der Waals surface area contributed by atoms with E-state index in [0.29, 0.717) is 11.4 Å². The molecule has 0 saturated heterocycles. The number of nitrogens with two attached hydrogens (primary N) is 1. The molecule has 1 unspecified atom stereocenters. The molecule has 1 atom stereocenters. The Labute approximate surface area is 103 Å². The highest BCUT2D eigenvalue weighted by Gasteiger charge is 2.51. The van der Waals surface area contributed by atoms with Crippen molar-refractivity contribution in [3.05, 3.63) is 16.1 Å². The average Bonchev–Trinajstić information content (AvgIpc) is 2.47. The lowest BCUT2D eigenvalue weighted by atomic mass is 9.93. The molecule has 6 heteroatoms. The predicted octanol–water partition coefficient (Wildman–Crippen LogP) is 3.47. The molecule has 0 fully saturated rings. The minimum atomic E-state index is -4.49. The molecule has 0 aromatic carbocycles. The van der Waals surface area contributed by atoms with Gasteiger partial charge in [-0.15, -0.1) is 11.3 Å². The molecule has 0 aliphatic heterocycles. The van der Waals surface area contributed by atoms with E-state index in [1.54, 1.807) is 0 Å². The Morgan fingerprint density at radius 1 is 1.24 bits per heavy atom. The van der Waals surface area contributed by atoms with Crippen LogP contribution in [-0.4, -0.2) is 11.2 Å². The van der Waals surface area contributed by atoms with Crippen LogP contribution in [-0.2, 0) is 12.0 Å². The van der Waals surface area contributed by atoms with Gasteiger partial charge in [0.25, 0.3) is 0 Å². The Kier molecular flexibility index (Phi) is 3.60. The van der Waals surface area contributed by atoms with Gasteiger partial charge in [0, 0.05) is 11.8 Å². The van der Waals surface area contributed by atoms with Crippen molar-refractivity contribution in [3.63, 3.8) is 0 Å². The fourth-order valence-corrected chi connectivity index (χ4v) is 2.44. The number of alkyl halides is 3. The molecule has 0 aliphatic carbocycles. The van der Waals surface area contributed by atoms with Gasteiger partial charge in [0.1, 0.15) is 0 Å². The molecule has 0 radical (unpaired) electrons. The standard InChI is InChI=1S/C11H17F3N2S/c1-9(2,3)5-8-16-7(6-17-8)10(4,15)11(12,13)14/h6H,5,15H2,1-4H3. The summed E-state index contributed by atoms with van der Waals surface area (Å²) in [5, 5.41) is 2.09. The summed E-state index contributed by atoms with van der Waals surface area (Å²) in [6.07, 6.45) is -3.84. The highest BCUT2D eigenvalue weighted by Crippen LogP contribution is 2.37. The molecule has 0 bridgehead atoms. The Morgan fingerprint density at radius 3 is 2.18 bits per heavy atom. The molecular formula is C11H17F3N2S. The van der Waals surface area contributed by atoms with Gasteiger partial charge in [0.05, 0.1) is 10.7 Å². The van der Waals surface area contributed by atoms with E-state index in [1.165, 1.54) is 16.7 Å². The molecule has 2 N–H and O–H groups in total. The lowest BCUT2D eigenvalue weighted by Crippen LogP contribution is -2.48. The maximum absolute atomic E-state index is 12.7. The number of nitrogens with zero attached hydrogens (tertiary/aromatic N) is 1. The van der Waals surface area contributed by atoms with Crippen molar-refractivity contribution in [2.24, 2.45) is 11.1 Å². The molecule has 2 nitrogen and oxygen atoms in total. The van der Waals surface area contributed by atoms with E-state index in [9.17, 15) is 13.2 Å². The van der Waals surface area contributed by atoms with Crippen LogP contribution >= 0.6 is 11.3 Å². The second kappa shape index (κ2) is 4.24. The minimum Gasteiger partial charge on any atom is -0.313 e. The Hall–Kier alpha value is -0.620. The molecule has 1 heterocycles. The van der Waals surface area contributed by atoms with E-state index in [4.69, 9.17) is 5.73 Å². The second-order valence-electron chi connectivity index (χ2n) is 5.56. The van der Waals surface area contributed by atoms with Gasteiger partial charge in [0.15, 0.2) is 5.54 Å². The largest absolute Gasteiger partial charge is 0.411 e. The third-order valence-electron chi connectivity index (χ3n) is 2.35. The van der Waals surface area contributed by atoms with Crippen LogP contribution in [0.2, 0.25) is 0 Å². The summed E-state index contributed by atoms with van der Waals surface area (Å²) in [5.74, 6) is 0. The van der Waals surface area contributed by atoms with Crippen molar-refractivity contribution in [1.82, 2.24) is 4.98 Å². The van der Waals surface area contributed by atoms with Crippen molar-refractivity contribution in [3.8, 4) is 0 Å². The van der Waals surface area contributed by atoms with Crippen molar-refractivity contribution < 1.29 is 13.2 Å². The van der Waals surface area contributed by atoms with Crippen molar-refractivity contribution >= 4 is 11.3 Å². The van der Waals surface area contributed by atoms with Gasteiger partial charge in [-0.2, -0.15) is 13.2 Å². The van der Waals surface area contributed by atoms with Gasteiger partial charge >= 0.3 is 6.18 Å². The zero-order valence-electron chi connectivity index (χ0n) is 10.4. The van der Waals surface area contributed by atoms with Gasteiger partial charge in [-0.25, -0.2) is 4.98 Å². The molecule has 0 saturated carbocycles. The van der Waals surface area contributed by atoms with E-state index < -0.39 is 11.7 Å². The summed E-state index contributed by atoms with van der Waals surface area (Å²) in [6, 6.07) is 0. The normalized spacial score (nSPS) is 16.9. The molecule has 1 aromatic heterocycles. The Morgan fingerprint density at radius 2 is 1.76 bits per heavy atom. The maximum atomic E-state index is 12.7. The van der Waals surface area contributed by atoms with Crippen LogP contribution in [0.1, 0.15) is 38.4 Å². The first-order valence-corrected chi connectivity index (χ1v) is 6.12. The SMILES string of the molecule is CC(C)(C)Cc1nc(C(C)(N)C(F)(F)F)cs1. The Balaban J connectivity index is 2.96. The summed E-state index contributed by atoms with van der Waals surface area (Å²) in [6.45, 7) is 6.99. The van der Waals surface area contributed by atoms with E-state index in [2.05, 4.69) is 4.98 Å². The van der Waals surface area contributed by atoms with Crippen molar-refractivity contribution in [1.29, 1.82) is 0 Å². The highest BCUT2D eigenvalue weighted by atomic mass is 32.1. The van der Waals surface area contributed by atoms with Gasteiger partial charge in [-0.05, 0) is 12.3 Å². The second-order valence-corrected chi connectivity index (χ2v) is 6.51. The van der Waals surface area contributed by atoms with Crippen molar-refractivity contribution in [2.75, 3.05) is 0 Å². The first-order valence-electron chi connectivity index (χ1n) is 5.24. The first-order chi connectivity index (χ1) is 7.43. The molecule has 17 heavy (non-hydrogen) atoms. The lowest BCUT2D eigenvalue weighted by Gasteiger charge is -2.25. The average molecular weight is 266 g/mol. The van der Waals surface area contributed by atoms with Crippen LogP contribution in [0.4, 0.5) is 13.2 Å². The molecule has 98 valence electrons. The van der Waals surface area contributed by atoms with Gasteiger partial charge in [-0.3, -0.25) is 0 Å². The summed E-state index contributed by atoms with van der Waals surface area (Å²) < 4.78 is 38.1. The molecule has 0 spiro atoms. The number of hydrogen-bond donors (Lipinski definition) is 1. The molecule has 1 rings (SSSR count). The number of halogens is 3. The Bertz CT molecular complexity index is 388. The number of aromatic nitrogens is 1. The van der Waals surface area contributed by atoms with Crippen LogP contribution in [0, 0.1) is 5.41 Å². The van der Waals surface area contributed by atoms with Crippen molar-refractivity contribution in [2.45, 2.75) is 45.8 Å². The van der Waals surface area contributed by atoms with E-state index in [0.717, 1.165) is 6.92 Å². The van der Waals surface area contributed by atoms with Gasteiger partial charge in [-0.1, -0.05) is 20.8 Å². The minimum absolute atomic E-state index is 0.00163.